The number of hydrogen-bond donors (Lipinski definition) is 0. The van der Waals surface area contributed by atoms with Gasteiger partial charge >= 0.3 is 0 Å². The first kappa shape index (κ1) is 14.2. The second-order valence-electron chi connectivity index (χ2n) is 5.54. The molecule has 2 rings (SSSR count). The van der Waals surface area contributed by atoms with Gasteiger partial charge in [0.1, 0.15) is 11.9 Å². The van der Waals surface area contributed by atoms with E-state index < -0.39 is 0 Å². The van der Waals surface area contributed by atoms with Crippen LogP contribution in [0, 0.1) is 19.3 Å². The maximum absolute atomic E-state index is 6.18. The lowest BCUT2D eigenvalue weighted by Gasteiger charge is -2.50. The lowest BCUT2D eigenvalue weighted by molar-refractivity contribution is -0.0243. The third-order valence-corrected chi connectivity index (χ3v) is 6.34. The smallest absolute Gasteiger partial charge is 0.120 e. The largest absolute Gasteiger partial charge is 0.490 e. The van der Waals surface area contributed by atoms with Gasteiger partial charge in [-0.05, 0) is 49.9 Å². The molecular formula is C15H20BrClO. The fourth-order valence-electron chi connectivity index (χ4n) is 2.54. The van der Waals surface area contributed by atoms with Gasteiger partial charge in [-0.25, -0.2) is 0 Å². The maximum Gasteiger partial charge on any atom is 0.120 e. The molecule has 1 aromatic rings. The minimum atomic E-state index is 0.238. The monoisotopic (exact) mass is 330 g/mol. The summed E-state index contributed by atoms with van der Waals surface area (Å²) in [4.78, 5) is 0.564. The highest BCUT2D eigenvalue weighted by Crippen LogP contribution is 2.50. The van der Waals surface area contributed by atoms with E-state index in [0.717, 1.165) is 34.7 Å². The van der Waals surface area contributed by atoms with Crippen LogP contribution in [0.5, 0.6) is 5.75 Å². The van der Waals surface area contributed by atoms with Crippen molar-refractivity contribution in [1.82, 2.24) is 0 Å². The SMILES string of the molecule is CCC1(C)C(Br)CC1Oc1cc(C)c(Cl)c(C)c1. The second-order valence-corrected chi connectivity index (χ2v) is 7.02. The minimum absolute atomic E-state index is 0.238. The van der Waals surface area contributed by atoms with Crippen LogP contribution >= 0.6 is 27.5 Å². The Morgan fingerprint density at radius 3 is 2.39 bits per heavy atom. The lowest BCUT2D eigenvalue weighted by atomic mass is 9.65. The molecule has 0 aromatic heterocycles. The first-order valence-electron chi connectivity index (χ1n) is 6.46. The molecule has 100 valence electrons. The van der Waals surface area contributed by atoms with Crippen LogP contribution in [0.15, 0.2) is 12.1 Å². The van der Waals surface area contributed by atoms with E-state index in [0.29, 0.717) is 10.9 Å². The van der Waals surface area contributed by atoms with E-state index in [1.54, 1.807) is 0 Å². The van der Waals surface area contributed by atoms with Crippen LogP contribution in [0.25, 0.3) is 0 Å². The number of aryl methyl sites for hydroxylation is 2. The van der Waals surface area contributed by atoms with E-state index in [4.69, 9.17) is 16.3 Å². The zero-order chi connectivity index (χ0) is 13.5. The molecule has 1 nitrogen and oxygen atoms in total. The highest BCUT2D eigenvalue weighted by atomic mass is 79.9. The van der Waals surface area contributed by atoms with E-state index in [1.165, 1.54) is 0 Å². The molecular weight excluding hydrogens is 312 g/mol. The first-order chi connectivity index (χ1) is 8.38. The van der Waals surface area contributed by atoms with Crippen LogP contribution < -0.4 is 4.74 Å². The molecule has 0 heterocycles. The van der Waals surface area contributed by atoms with Crippen molar-refractivity contribution in [2.45, 2.75) is 51.5 Å². The standard InChI is InChI=1S/C15H20BrClO/c1-5-15(4)12(16)8-13(15)18-11-6-9(2)14(17)10(3)7-11/h6-7,12-13H,5,8H2,1-4H3. The van der Waals surface area contributed by atoms with Gasteiger partial charge in [-0.1, -0.05) is 41.4 Å². The van der Waals surface area contributed by atoms with Crippen LogP contribution in [0.4, 0.5) is 0 Å². The van der Waals surface area contributed by atoms with Gasteiger partial charge in [0, 0.05) is 15.3 Å². The molecule has 0 N–H and O–H groups in total. The number of halogens is 2. The Balaban J connectivity index is 2.16. The Morgan fingerprint density at radius 2 is 1.94 bits per heavy atom. The number of rotatable bonds is 3. The zero-order valence-electron chi connectivity index (χ0n) is 11.4. The minimum Gasteiger partial charge on any atom is -0.490 e. The van der Waals surface area contributed by atoms with Crippen molar-refractivity contribution in [3.8, 4) is 5.75 Å². The summed E-state index contributed by atoms with van der Waals surface area (Å²) in [6, 6.07) is 4.07. The van der Waals surface area contributed by atoms with Crippen LogP contribution in [-0.2, 0) is 0 Å². The molecule has 0 radical (unpaired) electrons. The maximum atomic E-state index is 6.18. The summed E-state index contributed by atoms with van der Waals surface area (Å²) < 4.78 is 6.16. The third-order valence-electron chi connectivity index (χ3n) is 4.32. The molecule has 0 saturated heterocycles. The van der Waals surface area contributed by atoms with Crippen molar-refractivity contribution in [2.24, 2.45) is 5.41 Å². The van der Waals surface area contributed by atoms with E-state index in [-0.39, 0.29) is 5.41 Å². The van der Waals surface area contributed by atoms with E-state index >= 15 is 0 Å². The Bertz CT molecular complexity index is 437. The Kier molecular flexibility index (Phi) is 3.99. The van der Waals surface area contributed by atoms with Gasteiger partial charge in [-0.15, -0.1) is 0 Å². The summed E-state index contributed by atoms with van der Waals surface area (Å²) in [6.07, 6.45) is 2.50. The Labute approximate surface area is 123 Å². The van der Waals surface area contributed by atoms with Crippen molar-refractivity contribution in [2.75, 3.05) is 0 Å². The van der Waals surface area contributed by atoms with Gasteiger partial charge in [0.2, 0.25) is 0 Å². The molecule has 1 aliphatic carbocycles. The molecule has 3 heteroatoms. The fourth-order valence-corrected chi connectivity index (χ4v) is 3.61. The summed E-state index contributed by atoms with van der Waals surface area (Å²) in [7, 11) is 0. The molecule has 1 aromatic carbocycles. The zero-order valence-corrected chi connectivity index (χ0v) is 13.7. The fraction of sp³-hybridized carbons (Fsp3) is 0.600. The lowest BCUT2D eigenvalue weighted by Crippen LogP contribution is -2.54. The van der Waals surface area contributed by atoms with Gasteiger partial charge in [0.05, 0.1) is 0 Å². The van der Waals surface area contributed by atoms with Crippen LogP contribution in [0.3, 0.4) is 0 Å². The van der Waals surface area contributed by atoms with Gasteiger partial charge < -0.3 is 4.74 Å². The van der Waals surface area contributed by atoms with Crippen molar-refractivity contribution < 1.29 is 4.74 Å². The molecule has 0 aliphatic heterocycles. The summed E-state index contributed by atoms with van der Waals surface area (Å²) >= 11 is 9.91. The topological polar surface area (TPSA) is 9.23 Å². The van der Waals surface area contributed by atoms with Crippen molar-refractivity contribution in [3.63, 3.8) is 0 Å². The molecule has 0 bridgehead atoms. The molecule has 1 fully saturated rings. The van der Waals surface area contributed by atoms with Gasteiger partial charge in [-0.3, -0.25) is 0 Å². The second kappa shape index (κ2) is 5.05. The first-order valence-corrected chi connectivity index (χ1v) is 7.75. The quantitative estimate of drug-likeness (QED) is 0.684. The number of alkyl halides is 1. The Hall–Kier alpha value is -0.210. The third kappa shape index (κ3) is 2.30. The average molecular weight is 332 g/mol. The Morgan fingerprint density at radius 1 is 1.39 bits per heavy atom. The molecule has 1 aliphatic rings. The van der Waals surface area contributed by atoms with E-state index in [9.17, 15) is 0 Å². The molecule has 0 amide bonds. The summed E-state index contributed by atoms with van der Waals surface area (Å²) in [5.41, 5.74) is 2.40. The predicted octanol–water partition coefficient (Wildman–Crippen LogP) is 5.29. The number of hydrogen-bond acceptors (Lipinski definition) is 1. The van der Waals surface area contributed by atoms with Crippen molar-refractivity contribution >= 4 is 27.5 Å². The summed E-state index contributed by atoms with van der Waals surface area (Å²) in [5.74, 6) is 0.943. The predicted molar refractivity (Wildman–Crippen MR) is 81.1 cm³/mol. The summed E-state index contributed by atoms with van der Waals surface area (Å²) in [6.45, 7) is 8.56. The highest BCUT2D eigenvalue weighted by Gasteiger charge is 2.50. The van der Waals surface area contributed by atoms with Crippen LogP contribution in [-0.4, -0.2) is 10.9 Å². The van der Waals surface area contributed by atoms with E-state index in [2.05, 4.69) is 29.8 Å². The van der Waals surface area contributed by atoms with Gasteiger partial charge in [0.25, 0.3) is 0 Å². The van der Waals surface area contributed by atoms with Crippen molar-refractivity contribution in [3.05, 3.63) is 28.3 Å². The normalized spacial score (nSPS) is 31.0. The van der Waals surface area contributed by atoms with Crippen LogP contribution in [0.2, 0.25) is 5.02 Å². The highest BCUT2D eigenvalue weighted by molar-refractivity contribution is 9.09. The molecule has 1 saturated carbocycles. The van der Waals surface area contributed by atoms with Gasteiger partial charge in [-0.2, -0.15) is 0 Å². The summed E-state index contributed by atoms with van der Waals surface area (Å²) in [5, 5.41) is 0.840. The molecule has 3 atom stereocenters. The van der Waals surface area contributed by atoms with E-state index in [1.807, 2.05) is 26.0 Å². The van der Waals surface area contributed by atoms with Crippen molar-refractivity contribution in [1.29, 1.82) is 0 Å². The molecule has 0 spiro atoms. The average Bonchev–Trinajstić information content (AvgIpc) is 2.34. The van der Waals surface area contributed by atoms with Crippen LogP contribution in [0.1, 0.15) is 37.8 Å². The molecule has 3 unspecified atom stereocenters. The van der Waals surface area contributed by atoms with Gasteiger partial charge in [0.15, 0.2) is 0 Å². The number of benzene rings is 1. The molecule has 18 heavy (non-hydrogen) atoms. The number of ether oxygens (including phenoxy) is 1.